The summed E-state index contributed by atoms with van der Waals surface area (Å²) in [5, 5.41) is 10.1. The van der Waals surface area contributed by atoms with Gasteiger partial charge in [0.2, 0.25) is 0 Å². The summed E-state index contributed by atoms with van der Waals surface area (Å²) >= 11 is 0. The predicted octanol–water partition coefficient (Wildman–Crippen LogP) is 3.34. The molecule has 0 aromatic heterocycles. The molecular formula is C14H20O. The zero-order valence-electron chi connectivity index (χ0n) is 9.39. The Bertz CT molecular complexity index is 293. The Morgan fingerprint density at radius 3 is 2.60 bits per heavy atom. The Balaban J connectivity index is 2.23. The number of benzene rings is 1. The van der Waals surface area contributed by atoms with Crippen molar-refractivity contribution in [3.05, 3.63) is 35.9 Å². The van der Waals surface area contributed by atoms with Crippen molar-refractivity contribution in [3.63, 3.8) is 0 Å². The largest absolute Gasteiger partial charge is 0.392 e. The number of rotatable bonds is 2. The van der Waals surface area contributed by atoms with Crippen molar-refractivity contribution in [2.24, 2.45) is 5.92 Å². The molecule has 1 N–H and O–H groups in total. The molecule has 2 unspecified atom stereocenters. The van der Waals surface area contributed by atoms with E-state index in [2.05, 4.69) is 31.2 Å². The normalized spacial score (nSPS) is 31.5. The summed E-state index contributed by atoms with van der Waals surface area (Å²) in [4.78, 5) is 0. The molecule has 82 valence electrons. The van der Waals surface area contributed by atoms with Crippen LogP contribution in [0.3, 0.4) is 0 Å². The monoisotopic (exact) mass is 204 g/mol. The van der Waals surface area contributed by atoms with E-state index >= 15 is 0 Å². The second-order valence-corrected chi connectivity index (χ2v) is 4.60. The van der Waals surface area contributed by atoms with Gasteiger partial charge in [0.1, 0.15) is 0 Å². The van der Waals surface area contributed by atoms with E-state index in [0.717, 1.165) is 6.42 Å². The Labute approximate surface area is 92.1 Å². The summed E-state index contributed by atoms with van der Waals surface area (Å²) in [6.45, 7) is 2.23. The number of hydrogen-bond acceptors (Lipinski definition) is 1. The molecule has 3 atom stereocenters. The van der Waals surface area contributed by atoms with Gasteiger partial charge in [-0.15, -0.1) is 0 Å². The fourth-order valence-electron chi connectivity index (χ4n) is 2.89. The SMILES string of the molecule is CC[C@H]1CCCC(O)C1c1ccccc1. The Kier molecular flexibility index (Phi) is 3.42. The summed E-state index contributed by atoms with van der Waals surface area (Å²) in [7, 11) is 0. The van der Waals surface area contributed by atoms with E-state index in [1.54, 1.807) is 0 Å². The second kappa shape index (κ2) is 4.80. The van der Waals surface area contributed by atoms with E-state index < -0.39 is 0 Å². The van der Waals surface area contributed by atoms with Crippen molar-refractivity contribution in [2.45, 2.75) is 44.6 Å². The van der Waals surface area contributed by atoms with E-state index in [1.807, 2.05) is 6.07 Å². The molecule has 0 spiro atoms. The summed E-state index contributed by atoms with van der Waals surface area (Å²) in [6, 6.07) is 10.5. The minimum atomic E-state index is -0.133. The Morgan fingerprint density at radius 1 is 1.20 bits per heavy atom. The van der Waals surface area contributed by atoms with Gasteiger partial charge >= 0.3 is 0 Å². The third-order valence-corrected chi connectivity index (χ3v) is 3.71. The lowest BCUT2D eigenvalue weighted by Crippen LogP contribution is -2.30. The molecule has 0 saturated heterocycles. The van der Waals surface area contributed by atoms with Crippen LogP contribution in [0, 0.1) is 5.92 Å². The van der Waals surface area contributed by atoms with Crippen molar-refractivity contribution >= 4 is 0 Å². The lowest BCUT2D eigenvalue weighted by molar-refractivity contribution is 0.0719. The number of hydrogen-bond donors (Lipinski definition) is 1. The Morgan fingerprint density at radius 2 is 1.93 bits per heavy atom. The van der Waals surface area contributed by atoms with Crippen LogP contribution in [0.4, 0.5) is 0 Å². The van der Waals surface area contributed by atoms with Crippen LogP contribution in [-0.4, -0.2) is 11.2 Å². The van der Waals surface area contributed by atoms with Gasteiger partial charge < -0.3 is 5.11 Å². The highest BCUT2D eigenvalue weighted by Gasteiger charge is 2.31. The van der Waals surface area contributed by atoms with Gasteiger partial charge in [-0.1, -0.05) is 50.1 Å². The molecule has 0 bridgehead atoms. The van der Waals surface area contributed by atoms with Gasteiger partial charge in [-0.3, -0.25) is 0 Å². The molecule has 1 fully saturated rings. The minimum Gasteiger partial charge on any atom is -0.392 e. The zero-order valence-corrected chi connectivity index (χ0v) is 9.39. The molecule has 0 radical (unpaired) electrons. The third kappa shape index (κ3) is 2.23. The van der Waals surface area contributed by atoms with Crippen molar-refractivity contribution in [3.8, 4) is 0 Å². The average molecular weight is 204 g/mol. The summed E-state index contributed by atoms with van der Waals surface area (Å²) in [6.07, 6.45) is 4.47. The van der Waals surface area contributed by atoms with Crippen molar-refractivity contribution in [1.29, 1.82) is 0 Å². The predicted molar refractivity (Wildman–Crippen MR) is 62.8 cm³/mol. The van der Waals surface area contributed by atoms with Crippen LogP contribution in [0.25, 0.3) is 0 Å². The van der Waals surface area contributed by atoms with Crippen molar-refractivity contribution in [1.82, 2.24) is 0 Å². The molecule has 0 heterocycles. The minimum absolute atomic E-state index is 0.133. The highest BCUT2D eigenvalue weighted by Crippen LogP contribution is 2.39. The molecular weight excluding hydrogens is 184 g/mol. The summed E-state index contributed by atoms with van der Waals surface area (Å²) in [5.41, 5.74) is 1.32. The fourth-order valence-corrected chi connectivity index (χ4v) is 2.89. The highest BCUT2D eigenvalue weighted by atomic mass is 16.3. The van der Waals surface area contributed by atoms with Gasteiger partial charge in [-0.25, -0.2) is 0 Å². The maximum atomic E-state index is 10.1. The van der Waals surface area contributed by atoms with Crippen LogP contribution >= 0.6 is 0 Å². The lowest BCUT2D eigenvalue weighted by atomic mass is 9.72. The quantitative estimate of drug-likeness (QED) is 0.783. The lowest BCUT2D eigenvalue weighted by Gasteiger charge is -2.35. The maximum absolute atomic E-state index is 10.1. The molecule has 15 heavy (non-hydrogen) atoms. The molecule has 1 aliphatic carbocycles. The van der Waals surface area contributed by atoms with Crippen LogP contribution in [0.1, 0.15) is 44.1 Å². The Hall–Kier alpha value is -0.820. The fraction of sp³-hybridized carbons (Fsp3) is 0.571. The number of aliphatic hydroxyl groups excluding tert-OH is 1. The van der Waals surface area contributed by atoms with E-state index in [9.17, 15) is 5.11 Å². The standard InChI is InChI=1S/C14H20O/c1-2-11-9-6-10-13(15)14(11)12-7-4-3-5-8-12/h3-5,7-8,11,13-15H,2,6,9-10H2,1H3/t11-,13?,14?/m0/s1. The van der Waals surface area contributed by atoms with E-state index in [4.69, 9.17) is 0 Å². The summed E-state index contributed by atoms with van der Waals surface area (Å²) in [5.74, 6) is 1.03. The molecule has 1 aromatic carbocycles. The highest BCUT2D eigenvalue weighted by molar-refractivity contribution is 5.22. The first-order valence-electron chi connectivity index (χ1n) is 6.06. The summed E-state index contributed by atoms with van der Waals surface area (Å²) < 4.78 is 0. The molecule has 1 aliphatic rings. The van der Waals surface area contributed by atoms with Gasteiger partial charge in [-0.2, -0.15) is 0 Å². The van der Waals surface area contributed by atoms with Crippen LogP contribution < -0.4 is 0 Å². The third-order valence-electron chi connectivity index (χ3n) is 3.71. The van der Waals surface area contributed by atoms with Gasteiger partial charge in [0.05, 0.1) is 6.10 Å². The first-order valence-corrected chi connectivity index (χ1v) is 6.06. The second-order valence-electron chi connectivity index (χ2n) is 4.60. The number of aliphatic hydroxyl groups is 1. The smallest absolute Gasteiger partial charge is 0.0611 e. The topological polar surface area (TPSA) is 20.2 Å². The molecule has 1 nitrogen and oxygen atoms in total. The van der Waals surface area contributed by atoms with E-state index in [1.165, 1.54) is 24.8 Å². The zero-order chi connectivity index (χ0) is 10.7. The molecule has 0 amide bonds. The molecule has 1 saturated carbocycles. The van der Waals surface area contributed by atoms with Gasteiger partial charge in [0, 0.05) is 5.92 Å². The molecule has 1 heteroatoms. The van der Waals surface area contributed by atoms with Gasteiger partial charge in [0.15, 0.2) is 0 Å². The van der Waals surface area contributed by atoms with Gasteiger partial charge in [0.25, 0.3) is 0 Å². The first kappa shape index (κ1) is 10.7. The van der Waals surface area contributed by atoms with Crippen LogP contribution in [0.5, 0.6) is 0 Å². The molecule has 0 aliphatic heterocycles. The van der Waals surface area contributed by atoms with Crippen LogP contribution in [0.15, 0.2) is 30.3 Å². The van der Waals surface area contributed by atoms with Crippen molar-refractivity contribution < 1.29 is 5.11 Å². The van der Waals surface area contributed by atoms with Crippen molar-refractivity contribution in [2.75, 3.05) is 0 Å². The van der Waals surface area contributed by atoms with E-state index in [0.29, 0.717) is 11.8 Å². The molecule has 2 rings (SSSR count). The van der Waals surface area contributed by atoms with Gasteiger partial charge in [-0.05, 0) is 24.3 Å². The molecule has 1 aromatic rings. The van der Waals surface area contributed by atoms with E-state index in [-0.39, 0.29) is 6.10 Å². The van der Waals surface area contributed by atoms with Crippen LogP contribution in [-0.2, 0) is 0 Å². The average Bonchev–Trinajstić information content (AvgIpc) is 2.29. The van der Waals surface area contributed by atoms with Crippen LogP contribution in [0.2, 0.25) is 0 Å². The first-order chi connectivity index (χ1) is 7.33. The maximum Gasteiger partial charge on any atom is 0.0611 e.